The molecule has 3 nitrogen and oxygen atoms in total. The third-order valence-corrected chi connectivity index (χ3v) is 3.91. The largest absolute Gasteiger partial charge is 0.377 e. The zero-order chi connectivity index (χ0) is 13.0. The van der Waals surface area contributed by atoms with Gasteiger partial charge in [0, 0.05) is 30.2 Å². The number of rotatable bonds is 5. The van der Waals surface area contributed by atoms with E-state index < -0.39 is 0 Å². The molecule has 18 heavy (non-hydrogen) atoms. The van der Waals surface area contributed by atoms with Crippen LogP contribution >= 0.6 is 15.9 Å². The van der Waals surface area contributed by atoms with Gasteiger partial charge in [-0.2, -0.15) is 0 Å². The van der Waals surface area contributed by atoms with E-state index in [-0.39, 0.29) is 18.0 Å². The first-order valence-electron chi connectivity index (χ1n) is 6.20. The van der Waals surface area contributed by atoms with Crippen LogP contribution in [0.15, 0.2) is 22.7 Å². The third-order valence-electron chi connectivity index (χ3n) is 3.19. The molecule has 0 aromatic heterocycles. The molecule has 1 aliphatic heterocycles. The lowest BCUT2D eigenvalue weighted by atomic mass is 10.1. The summed E-state index contributed by atoms with van der Waals surface area (Å²) in [5, 5.41) is 3.35. The molecule has 0 radical (unpaired) electrons. The molecular weight excluding hydrogens is 299 g/mol. The minimum Gasteiger partial charge on any atom is -0.377 e. The number of nitrogens with two attached hydrogens (primary N) is 1. The second kappa shape index (κ2) is 6.61. The van der Waals surface area contributed by atoms with Crippen molar-refractivity contribution < 1.29 is 9.13 Å². The second-order valence-corrected chi connectivity index (χ2v) is 5.35. The first-order valence-corrected chi connectivity index (χ1v) is 7.00. The van der Waals surface area contributed by atoms with Crippen molar-refractivity contribution in [1.82, 2.24) is 5.32 Å². The Hall–Kier alpha value is -0.490. The van der Waals surface area contributed by atoms with Crippen molar-refractivity contribution in [2.45, 2.75) is 25.0 Å². The Morgan fingerprint density at radius 2 is 2.39 bits per heavy atom. The van der Waals surface area contributed by atoms with Crippen molar-refractivity contribution in [1.29, 1.82) is 0 Å². The average molecular weight is 317 g/mol. The summed E-state index contributed by atoms with van der Waals surface area (Å²) in [6.07, 6.45) is 2.45. The molecule has 0 aliphatic carbocycles. The zero-order valence-electron chi connectivity index (χ0n) is 10.2. The Balaban J connectivity index is 2.00. The van der Waals surface area contributed by atoms with Crippen molar-refractivity contribution in [3.63, 3.8) is 0 Å². The highest BCUT2D eigenvalue weighted by atomic mass is 79.9. The normalized spacial score (nSPS) is 21.2. The standard InChI is InChI=1S/C13H18BrFN2O/c14-12-4-3-9(15)6-11(12)13(7-16)17-8-10-2-1-5-18-10/h3-4,6,10,13,17H,1-2,5,7-8,16H2. The van der Waals surface area contributed by atoms with Crippen molar-refractivity contribution in [3.05, 3.63) is 34.1 Å². The molecule has 1 fully saturated rings. The average Bonchev–Trinajstić information content (AvgIpc) is 2.87. The lowest BCUT2D eigenvalue weighted by Gasteiger charge is -2.21. The summed E-state index contributed by atoms with van der Waals surface area (Å²) in [6, 6.07) is 4.60. The molecule has 2 atom stereocenters. The fourth-order valence-electron chi connectivity index (χ4n) is 2.18. The molecule has 5 heteroatoms. The predicted molar refractivity (Wildman–Crippen MR) is 72.9 cm³/mol. The Bertz CT molecular complexity index is 397. The summed E-state index contributed by atoms with van der Waals surface area (Å²) < 4.78 is 19.7. The van der Waals surface area contributed by atoms with Crippen molar-refractivity contribution in [2.24, 2.45) is 5.73 Å². The molecule has 1 saturated heterocycles. The number of ether oxygens (including phenoxy) is 1. The van der Waals surface area contributed by atoms with E-state index in [1.165, 1.54) is 12.1 Å². The van der Waals surface area contributed by atoms with Gasteiger partial charge in [0.15, 0.2) is 0 Å². The molecule has 100 valence electrons. The summed E-state index contributed by atoms with van der Waals surface area (Å²) in [5.74, 6) is -0.245. The predicted octanol–water partition coefficient (Wildman–Crippen LogP) is 2.36. The van der Waals surface area contributed by atoms with Crippen LogP contribution in [0.25, 0.3) is 0 Å². The van der Waals surface area contributed by atoms with Crippen molar-refractivity contribution >= 4 is 15.9 Å². The molecule has 3 N–H and O–H groups in total. The second-order valence-electron chi connectivity index (χ2n) is 4.50. The fraction of sp³-hybridized carbons (Fsp3) is 0.538. The molecule has 2 unspecified atom stereocenters. The molecule has 0 saturated carbocycles. The molecule has 1 aromatic carbocycles. The van der Waals surface area contributed by atoms with Gasteiger partial charge in [0.05, 0.1) is 6.10 Å². The summed E-state index contributed by atoms with van der Waals surface area (Å²) in [4.78, 5) is 0. The number of benzene rings is 1. The van der Waals surface area contributed by atoms with Gasteiger partial charge in [-0.05, 0) is 36.6 Å². The SMILES string of the molecule is NCC(NCC1CCCO1)c1cc(F)ccc1Br. The molecule has 0 amide bonds. The smallest absolute Gasteiger partial charge is 0.123 e. The quantitative estimate of drug-likeness (QED) is 0.876. The third kappa shape index (κ3) is 3.51. The van der Waals surface area contributed by atoms with Crippen LogP contribution < -0.4 is 11.1 Å². The van der Waals surface area contributed by atoms with Crippen LogP contribution in [0, 0.1) is 5.82 Å². The van der Waals surface area contributed by atoms with E-state index >= 15 is 0 Å². The van der Waals surface area contributed by atoms with Crippen LogP contribution in [0.4, 0.5) is 4.39 Å². The molecule has 1 heterocycles. The van der Waals surface area contributed by atoms with Gasteiger partial charge < -0.3 is 15.8 Å². The Morgan fingerprint density at radius 3 is 3.06 bits per heavy atom. The molecule has 2 rings (SSSR count). The van der Waals surface area contributed by atoms with E-state index in [1.807, 2.05) is 0 Å². The van der Waals surface area contributed by atoms with Gasteiger partial charge >= 0.3 is 0 Å². The van der Waals surface area contributed by atoms with Crippen molar-refractivity contribution in [3.8, 4) is 0 Å². The zero-order valence-corrected chi connectivity index (χ0v) is 11.7. The first-order chi connectivity index (χ1) is 8.70. The monoisotopic (exact) mass is 316 g/mol. The minimum atomic E-state index is -0.245. The minimum absolute atomic E-state index is 0.0562. The number of hydrogen-bond acceptors (Lipinski definition) is 3. The number of halogens is 2. The summed E-state index contributed by atoms with van der Waals surface area (Å²) >= 11 is 3.43. The van der Waals surface area contributed by atoms with Gasteiger partial charge in [-0.1, -0.05) is 15.9 Å². The van der Waals surface area contributed by atoms with Gasteiger partial charge in [0.2, 0.25) is 0 Å². The maximum absolute atomic E-state index is 13.3. The van der Waals surface area contributed by atoms with Gasteiger partial charge in [-0.25, -0.2) is 4.39 Å². The topological polar surface area (TPSA) is 47.3 Å². The van der Waals surface area contributed by atoms with Crippen molar-refractivity contribution in [2.75, 3.05) is 19.7 Å². The summed E-state index contributed by atoms with van der Waals surface area (Å²) in [5.41, 5.74) is 6.62. The van der Waals surface area contributed by atoms with E-state index in [1.54, 1.807) is 6.07 Å². The van der Waals surface area contributed by atoms with Crippen LogP contribution in [0.1, 0.15) is 24.4 Å². The lowest BCUT2D eigenvalue weighted by molar-refractivity contribution is 0.107. The van der Waals surface area contributed by atoms with Crippen LogP contribution in [0.5, 0.6) is 0 Å². The summed E-state index contributed by atoms with van der Waals surface area (Å²) in [7, 11) is 0. The van der Waals surface area contributed by atoms with E-state index in [2.05, 4.69) is 21.2 Å². The molecule has 1 aliphatic rings. The fourth-order valence-corrected chi connectivity index (χ4v) is 2.70. The van der Waals surface area contributed by atoms with Crippen LogP contribution in [0.3, 0.4) is 0 Å². The molecule has 0 spiro atoms. The maximum Gasteiger partial charge on any atom is 0.123 e. The number of nitrogens with one attached hydrogen (secondary N) is 1. The Kier molecular flexibility index (Phi) is 5.12. The maximum atomic E-state index is 13.3. The van der Waals surface area contributed by atoms with Crippen LogP contribution in [-0.2, 0) is 4.74 Å². The van der Waals surface area contributed by atoms with E-state index in [9.17, 15) is 4.39 Å². The van der Waals surface area contributed by atoms with Crippen LogP contribution in [0.2, 0.25) is 0 Å². The van der Waals surface area contributed by atoms with E-state index in [0.29, 0.717) is 6.54 Å². The highest BCUT2D eigenvalue weighted by molar-refractivity contribution is 9.10. The summed E-state index contributed by atoms with van der Waals surface area (Å²) in [6.45, 7) is 2.02. The highest BCUT2D eigenvalue weighted by Gasteiger charge is 2.19. The molecule has 1 aromatic rings. The van der Waals surface area contributed by atoms with Gasteiger partial charge in [0.25, 0.3) is 0 Å². The van der Waals surface area contributed by atoms with Gasteiger partial charge in [-0.3, -0.25) is 0 Å². The first kappa shape index (κ1) is 13.9. The van der Waals surface area contributed by atoms with Gasteiger partial charge in [0.1, 0.15) is 5.82 Å². The van der Waals surface area contributed by atoms with E-state index in [0.717, 1.165) is 36.0 Å². The lowest BCUT2D eigenvalue weighted by Crippen LogP contribution is -2.34. The highest BCUT2D eigenvalue weighted by Crippen LogP contribution is 2.24. The van der Waals surface area contributed by atoms with Crippen LogP contribution in [-0.4, -0.2) is 25.8 Å². The molecular formula is C13H18BrFN2O. The Morgan fingerprint density at radius 1 is 1.56 bits per heavy atom. The Labute approximate surface area is 115 Å². The number of hydrogen-bond donors (Lipinski definition) is 2. The van der Waals surface area contributed by atoms with E-state index in [4.69, 9.17) is 10.5 Å². The molecule has 0 bridgehead atoms. The van der Waals surface area contributed by atoms with Gasteiger partial charge in [-0.15, -0.1) is 0 Å².